The van der Waals surface area contributed by atoms with Crippen molar-refractivity contribution < 1.29 is 4.74 Å². The van der Waals surface area contributed by atoms with E-state index in [1.165, 1.54) is 23.1 Å². The second-order valence-corrected chi connectivity index (χ2v) is 8.60. The molecule has 0 radical (unpaired) electrons. The zero-order chi connectivity index (χ0) is 23.2. The van der Waals surface area contributed by atoms with Crippen molar-refractivity contribution in [3.63, 3.8) is 0 Å². The fourth-order valence-electron chi connectivity index (χ4n) is 4.50. The van der Waals surface area contributed by atoms with Crippen LogP contribution in [-0.4, -0.2) is 52.6 Å². The molecule has 0 aliphatic carbocycles. The number of hydrogen-bond acceptors (Lipinski definition) is 6. The number of ether oxygens (including phenoxy) is 1. The summed E-state index contributed by atoms with van der Waals surface area (Å²) in [6.45, 7) is 5.34. The minimum atomic E-state index is 0.362. The molecule has 7 nitrogen and oxygen atoms in total. The Hall–Kier alpha value is -3.89. The molecule has 3 heterocycles. The molecule has 34 heavy (non-hydrogen) atoms. The van der Waals surface area contributed by atoms with Gasteiger partial charge in [-0.1, -0.05) is 0 Å². The first kappa shape index (κ1) is 21.9. The highest BCUT2D eigenvalue weighted by atomic mass is 16.5. The van der Waals surface area contributed by atoms with Gasteiger partial charge in [-0.3, -0.25) is 4.90 Å². The lowest BCUT2D eigenvalue weighted by molar-refractivity contribution is 0.253. The van der Waals surface area contributed by atoms with Crippen molar-refractivity contribution in [3.05, 3.63) is 78.2 Å². The molecule has 7 heteroatoms. The van der Waals surface area contributed by atoms with Gasteiger partial charge < -0.3 is 14.6 Å². The zero-order valence-electron chi connectivity index (χ0n) is 19.2. The average molecular weight is 453 g/mol. The van der Waals surface area contributed by atoms with Gasteiger partial charge in [-0.2, -0.15) is 5.26 Å². The number of nitriles is 1. The first-order valence-electron chi connectivity index (χ1n) is 11.8. The summed E-state index contributed by atoms with van der Waals surface area (Å²) in [5.41, 5.74) is 4.36. The summed E-state index contributed by atoms with van der Waals surface area (Å²) in [5, 5.41) is 10.3. The number of nitrogens with zero attached hydrogens (tertiary/aromatic N) is 5. The maximum absolute atomic E-state index is 9.16. The van der Waals surface area contributed by atoms with E-state index in [0.717, 1.165) is 62.4 Å². The molecular formula is C27H28N6O. The molecule has 1 saturated heterocycles. The fourth-order valence-corrected chi connectivity index (χ4v) is 4.50. The van der Waals surface area contributed by atoms with Gasteiger partial charge in [0.1, 0.15) is 5.75 Å². The maximum atomic E-state index is 9.16. The van der Waals surface area contributed by atoms with E-state index < -0.39 is 0 Å². The Morgan fingerprint density at radius 2 is 1.76 bits per heavy atom. The third kappa shape index (κ3) is 5.19. The van der Waals surface area contributed by atoms with Crippen LogP contribution in [0.5, 0.6) is 11.8 Å². The van der Waals surface area contributed by atoms with E-state index in [1.807, 2.05) is 30.3 Å². The molecular weight excluding hydrogens is 424 g/mol. The summed E-state index contributed by atoms with van der Waals surface area (Å²) in [5.74, 6) is 0.743. The van der Waals surface area contributed by atoms with Gasteiger partial charge in [0.15, 0.2) is 0 Å². The smallest absolute Gasteiger partial charge is 0.321 e. The number of rotatable bonds is 8. The Morgan fingerprint density at radius 1 is 0.971 bits per heavy atom. The Kier molecular flexibility index (Phi) is 6.68. The third-order valence-corrected chi connectivity index (χ3v) is 6.39. The molecule has 2 aromatic carbocycles. The van der Waals surface area contributed by atoms with Crippen LogP contribution in [0.1, 0.15) is 24.0 Å². The first-order chi connectivity index (χ1) is 16.8. The summed E-state index contributed by atoms with van der Waals surface area (Å²) in [6, 6.07) is 18.4. The largest absolute Gasteiger partial charge is 0.424 e. The Bertz CT molecular complexity index is 1250. The Labute approximate surface area is 199 Å². The quantitative estimate of drug-likeness (QED) is 0.388. The molecule has 0 spiro atoms. The molecule has 0 saturated carbocycles. The Balaban J connectivity index is 1.05. The summed E-state index contributed by atoms with van der Waals surface area (Å²) in [6.07, 6.45) is 8.80. The second kappa shape index (κ2) is 10.4. The fraction of sp³-hybridized carbons (Fsp3) is 0.296. The summed E-state index contributed by atoms with van der Waals surface area (Å²) >= 11 is 0. The lowest BCUT2D eigenvalue weighted by Crippen LogP contribution is -2.46. The van der Waals surface area contributed by atoms with Gasteiger partial charge in [0.05, 0.1) is 11.6 Å². The van der Waals surface area contributed by atoms with Crippen LogP contribution < -0.4 is 9.64 Å². The number of aromatic nitrogens is 3. The normalized spacial score (nSPS) is 14.3. The van der Waals surface area contributed by atoms with Gasteiger partial charge in [0, 0.05) is 61.4 Å². The van der Waals surface area contributed by atoms with Crippen molar-refractivity contribution in [3.8, 4) is 17.8 Å². The number of fused-ring (bicyclic) bond motifs is 1. The molecule has 1 aliphatic rings. The molecule has 4 aromatic rings. The lowest BCUT2D eigenvalue weighted by atomic mass is 10.1. The summed E-state index contributed by atoms with van der Waals surface area (Å²) in [7, 11) is 0. The highest BCUT2D eigenvalue weighted by molar-refractivity contribution is 5.84. The van der Waals surface area contributed by atoms with Gasteiger partial charge >= 0.3 is 6.01 Å². The third-order valence-electron chi connectivity index (χ3n) is 6.39. The van der Waals surface area contributed by atoms with Gasteiger partial charge in [0.2, 0.25) is 0 Å². The van der Waals surface area contributed by atoms with Crippen molar-refractivity contribution in [1.82, 2.24) is 19.9 Å². The van der Waals surface area contributed by atoms with E-state index >= 15 is 0 Å². The standard InChI is InChI=1S/C27H28N6O/c28-19-21-5-10-26-25(18-21)22(20-31-26)4-1-2-13-32-14-16-33(17-15-32)23-6-8-24(9-7-23)34-27-29-11-3-12-30-27/h3,5-12,18,20,31H,1-2,4,13-17H2. The SMILES string of the molecule is N#Cc1ccc2[nH]cc(CCCCN3CCN(c4ccc(Oc5ncccn5)cc4)CC3)c2c1. The van der Waals surface area contributed by atoms with Gasteiger partial charge in [-0.15, -0.1) is 0 Å². The number of nitrogens with one attached hydrogen (secondary N) is 1. The number of anilines is 1. The molecule has 5 rings (SSSR count). The van der Waals surface area contributed by atoms with Crippen molar-refractivity contribution in [2.75, 3.05) is 37.6 Å². The van der Waals surface area contributed by atoms with Crippen LogP contribution in [0.25, 0.3) is 10.9 Å². The second-order valence-electron chi connectivity index (χ2n) is 8.60. The highest BCUT2D eigenvalue weighted by Crippen LogP contribution is 2.24. The predicted octanol–water partition coefficient (Wildman–Crippen LogP) is 4.77. The minimum absolute atomic E-state index is 0.362. The van der Waals surface area contributed by atoms with Crippen molar-refractivity contribution in [1.29, 1.82) is 5.26 Å². The molecule has 0 amide bonds. The van der Waals surface area contributed by atoms with Crippen LogP contribution in [0.4, 0.5) is 5.69 Å². The van der Waals surface area contributed by atoms with E-state index in [9.17, 15) is 0 Å². The first-order valence-corrected chi connectivity index (χ1v) is 11.8. The molecule has 0 unspecified atom stereocenters. The molecule has 1 aliphatic heterocycles. The topological polar surface area (TPSA) is 81.1 Å². The number of aryl methyl sites for hydroxylation is 1. The van der Waals surface area contributed by atoms with Gasteiger partial charge in [-0.05, 0) is 79.9 Å². The molecule has 1 N–H and O–H groups in total. The number of aromatic amines is 1. The number of piperazine rings is 1. The summed E-state index contributed by atoms with van der Waals surface area (Å²) < 4.78 is 5.69. The van der Waals surface area contributed by atoms with Gasteiger partial charge in [-0.25, -0.2) is 9.97 Å². The maximum Gasteiger partial charge on any atom is 0.321 e. The van der Waals surface area contributed by atoms with Crippen LogP contribution in [0, 0.1) is 11.3 Å². The van der Waals surface area contributed by atoms with Gasteiger partial charge in [0.25, 0.3) is 0 Å². The van der Waals surface area contributed by atoms with E-state index in [-0.39, 0.29) is 0 Å². The van der Waals surface area contributed by atoms with Crippen molar-refractivity contribution in [2.24, 2.45) is 0 Å². The van der Waals surface area contributed by atoms with Crippen LogP contribution in [0.15, 0.2) is 67.1 Å². The van der Waals surface area contributed by atoms with Crippen LogP contribution >= 0.6 is 0 Å². The van der Waals surface area contributed by atoms with Crippen molar-refractivity contribution >= 4 is 16.6 Å². The molecule has 2 aromatic heterocycles. The molecule has 172 valence electrons. The zero-order valence-corrected chi connectivity index (χ0v) is 19.2. The average Bonchev–Trinajstić information content (AvgIpc) is 3.30. The van der Waals surface area contributed by atoms with Crippen molar-refractivity contribution in [2.45, 2.75) is 19.3 Å². The van der Waals surface area contributed by atoms with Crippen LogP contribution in [0.2, 0.25) is 0 Å². The molecule has 0 atom stereocenters. The predicted molar refractivity (Wildman–Crippen MR) is 133 cm³/mol. The number of unbranched alkanes of at least 4 members (excludes halogenated alkanes) is 1. The van der Waals surface area contributed by atoms with Crippen LogP contribution in [-0.2, 0) is 6.42 Å². The monoisotopic (exact) mass is 452 g/mol. The van der Waals surface area contributed by atoms with E-state index in [0.29, 0.717) is 6.01 Å². The molecule has 1 fully saturated rings. The number of benzene rings is 2. The lowest BCUT2D eigenvalue weighted by Gasteiger charge is -2.36. The number of hydrogen-bond donors (Lipinski definition) is 1. The van der Waals surface area contributed by atoms with E-state index in [2.05, 4.69) is 49.2 Å². The van der Waals surface area contributed by atoms with E-state index in [4.69, 9.17) is 10.00 Å². The molecule has 0 bridgehead atoms. The Morgan fingerprint density at radius 3 is 2.53 bits per heavy atom. The van der Waals surface area contributed by atoms with Crippen LogP contribution in [0.3, 0.4) is 0 Å². The highest BCUT2D eigenvalue weighted by Gasteiger charge is 2.17. The van der Waals surface area contributed by atoms with E-state index in [1.54, 1.807) is 18.5 Å². The summed E-state index contributed by atoms with van der Waals surface area (Å²) in [4.78, 5) is 16.5. The number of H-pyrrole nitrogens is 1. The minimum Gasteiger partial charge on any atom is -0.424 e.